The first-order valence-electron chi connectivity index (χ1n) is 5.48. The number of ether oxygens (including phenoxy) is 1. The Labute approximate surface area is 118 Å². The molecule has 0 amide bonds. The Bertz CT molecular complexity index is 542. The van der Waals surface area contributed by atoms with Crippen molar-refractivity contribution in [3.8, 4) is 5.75 Å². The molecule has 2 N–H and O–H groups in total. The SMILES string of the molecule is C[C@H](N)c1ccc(F)cc1OCc1ccc(Br)s1. The Kier molecular flexibility index (Phi) is 4.37. The highest BCUT2D eigenvalue weighted by atomic mass is 79.9. The number of hydrogen-bond acceptors (Lipinski definition) is 3. The largest absolute Gasteiger partial charge is 0.488 e. The Morgan fingerprint density at radius 1 is 1.39 bits per heavy atom. The van der Waals surface area contributed by atoms with Crippen LogP contribution in [-0.4, -0.2) is 0 Å². The summed E-state index contributed by atoms with van der Waals surface area (Å²) in [6.45, 7) is 2.27. The summed E-state index contributed by atoms with van der Waals surface area (Å²) in [5.41, 5.74) is 6.64. The number of hydrogen-bond donors (Lipinski definition) is 1. The van der Waals surface area contributed by atoms with Gasteiger partial charge in [0.05, 0.1) is 3.79 Å². The van der Waals surface area contributed by atoms with E-state index in [0.717, 1.165) is 14.2 Å². The van der Waals surface area contributed by atoms with Crippen molar-refractivity contribution in [3.05, 3.63) is 50.4 Å². The lowest BCUT2D eigenvalue weighted by Crippen LogP contribution is -2.08. The van der Waals surface area contributed by atoms with Gasteiger partial charge in [-0.3, -0.25) is 0 Å². The molecule has 1 atom stereocenters. The lowest BCUT2D eigenvalue weighted by atomic mass is 10.1. The minimum Gasteiger partial charge on any atom is -0.488 e. The summed E-state index contributed by atoms with van der Waals surface area (Å²) < 4.78 is 19.9. The molecule has 0 spiro atoms. The standard InChI is InChI=1S/C13H13BrFNOS/c1-8(16)11-4-2-9(15)6-12(11)17-7-10-3-5-13(14)18-10/h2-6,8H,7,16H2,1H3/t8-/m0/s1. The average molecular weight is 330 g/mol. The molecule has 0 saturated carbocycles. The van der Waals surface area contributed by atoms with Gasteiger partial charge in [-0.05, 0) is 41.1 Å². The molecule has 1 aromatic carbocycles. The van der Waals surface area contributed by atoms with Crippen LogP contribution in [0.25, 0.3) is 0 Å². The van der Waals surface area contributed by atoms with Crippen molar-refractivity contribution in [2.24, 2.45) is 5.73 Å². The molecule has 96 valence electrons. The number of halogens is 2. The van der Waals surface area contributed by atoms with Crippen molar-refractivity contribution in [1.82, 2.24) is 0 Å². The first kappa shape index (κ1) is 13.5. The summed E-state index contributed by atoms with van der Waals surface area (Å²) in [6, 6.07) is 8.19. The first-order valence-corrected chi connectivity index (χ1v) is 7.09. The van der Waals surface area contributed by atoms with Crippen molar-refractivity contribution in [2.75, 3.05) is 0 Å². The lowest BCUT2D eigenvalue weighted by molar-refractivity contribution is 0.303. The van der Waals surface area contributed by atoms with Gasteiger partial charge in [0.25, 0.3) is 0 Å². The number of thiophene rings is 1. The monoisotopic (exact) mass is 329 g/mol. The smallest absolute Gasteiger partial charge is 0.127 e. The van der Waals surface area contributed by atoms with E-state index in [0.29, 0.717) is 12.4 Å². The van der Waals surface area contributed by atoms with Gasteiger partial charge in [-0.1, -0.05) is 6.07 Å². The summed E-state index contributed by atoms with van der Waals surface area (Å²) in [7, 11) is 0. The van der Waals surface area contributed by atoms with Crippen molar-refractivity contribution < 1.29 is 9.13 Å². The van der Waals surface area contributed by atoms with Gasteiger partial charge < -0.3 is 10.5 Å². The van der Waals surface area contributed by atoms with Crippen LogP contribution in [0.2, 0.25) is 0 Å². The maximum absolute atomic E-state index is 13.2. The molecular weight excluding hydrogens is 317 g/mol. The van der Waals surface area contributed by atoms with Gasteiger partial charge in [0.15, 0.2) is 0 Å². The maximum atomic E-state index is 13.2. The van der Waals surface area contributed by atoms with Crippen LogP contribution in [0.1, 0.15) is 23.4 Å². The van der Waals surface area contributed by atoms with Crippen molar-refractivity contribution in [3.63, 3.8) is 0 Å². The molecule has 1 heterocycles. The zero-order valence-electron chi connectivity index (χ0n) is 9.82. The zero-order valence-corrected chi connectivity index (χ0v) is 12.2. The molecular formula is C13H13BrFNOS. The molecule has 0 bridgehead atoms. The molecule has 0 saturated heterocycles. The van der Waals surface area contributed by atoms with Gasteiger partial charge in [-0.15, -0.1) is 11.3 Å². The lowest BCUT2D eigenvalue weighted by Gasteiger charge is -2.13. The number of nitrogens with two attached hydrogens (primary N) is 1. The van der Waals surface area contributed by atoms with Gasteiger partial charge in [0.1, 0.15) is 18.2 Å². The van der Waals surface area contributed by atoms with E-state index in [1.54, 1.807) is 17.4 Å². The van der Waals surface area contributed by atoms with E-state index in [4.69, 9.17) is 10.5 Å². The van der Waals surface area contributed by atoms with E-state index < -0.39 is 0 Å². The second-order valence-corrected chi connectivity index (χ2v) is 6.51. The third-order valence-corrected chi connectivity index (χ3v) is 4.06. The van der Waals surface area contributed by atoms with E-state index in [9.17, 15) is 4.39 Å². The molecule has 2 rings (SSSR count). The summed E-state index contributed by atoms with van der Waals surface area (Å²) in [6.07, 6.45) is 0. The quantitative estimate of drug-likeness (QED) is 0.910. The Morgan fingerprint density at radius 3 is 2.78 bits per heavy atom. The third-order valence-electron chi connectivity index (χ3n) is 2.46. The van der Waals surface area contributed by atoms with Crippen molar-refractivity contribution in [2.45, 2.75) is 19.6 Å². The molecule has 0 aliphatic carbocycles. The molecule has 0 unspecified atom stereocenters. The van der Waals surface area contributed by atoms with Gasteiger partial charge >= 0.3 is 0 Å². The fourth-order valence-corrected chi connectivity index (χ4v) is 2.98. The van der Waals surface area contributed by atoms with Gasteiger partial charge in [-0.2, -0.15) is 0 Å². The van der Waals surface area contributed by atoms with Crippen LogP contribution in [0.4, 0.5) is 4.39 Å². The molecule has 18 heavy (non-hydrogen) atoms. The fraction of sp³-hybridized carbons (Fsp3) is 0.231. The van der Waals surface area contributed by atoms with Crippen LogP contribution >= 0.6 is 27.3 Å². The second-order valence-electron chi connectivity index (χ2n) is 3.97. The number of rotatable bonds is 4. The second kappa shape index (κ2) is 5.82. The Hall–Kier alpha value is -0.910. The normalized spacial score (nSPS) is 12.4. The Balaban J connectivity index is 2.15. The van der Waals surface area contributed by atoms with Gasteiger partial charge in [-0.25, -0.2) is 4.39 Å². The first-order chi connectivity index (χ1) is 8.56. The minimum absolute atomic E-state index is 0.185. The average Bonchev–Trinajstić information content (AvgIpc) is 2.72. The summed E-state index contributed by atoms with van der Waals surface area (Å²) in [4.78, 5) is 1.07. The van der Waals surface area contributed by atoms with Crippen molar-refractivity contribution in [1.29, 1.82) is 0 Å². The predicted molar refractivity (Wildman–Crippen MR) is 75.4 cm³/mol. The van der Waals surface area contributed by atoms with Crippen LogP contribution in [0.5, 0.6) is 5.75 Å². The van der Waals surface area contributed by atoms with Crippen molar-refractivity contribution >= 4 is 27.3 Å². The maximum Gasteiger partial charge on any atom is 0.127 e. The van der Waals surface area contributed by atoms with E-state index in [1.165, 1.54) is 12.1 Å². The van der Waals surface area contributed by atoms with E-state index in [-0.39, 0.29) is 11.9 Å². The highest BCUT2D eigenvalue weighted by molar-refractivity contribution is 9.11. The number of benzene rings is 1. The molecule has 0 fully saturated rings. The van der Waals surface area contributed by atoms with Crippen LogP contribution in [0.15, 0.2) is 34.1 Å². The highest BCUT2D eigenvalue weighted by Crippen LogP contribution is 2.27. The van der Waals surface area contributed by atoms with Gasteiger partial charge in [0, 0.05) is 22.5 Å². The highest BCUT2D eigenvalue weighted by Gasteiger charge is 2.10. The molecule has 0 aliphatic heterocycles. The van der Waals surface area contributed by atoms with Crippen LogP contribution in [0, 0.1) is 5.82 Å². The summed E-state index contributed by atoms with van der Waals surface area (Å²) >= 11 is 4.98. The Morgan fingerprint density at radius 2 is 2.17 bits per heavy atom. The van der Waals surface area contributed by atoms with Crippen LogP contribution in [0.3, 0.4) is 0 Å². The minimum atomic E-state index is -0.318. The van der Waals surface area contributed by atoms with Crippen LogP contribution in [-0.2, 0) is 6.61 Å². The van der Waals surface area contributed by atoms with E-state index in [2.05, 4.69) is 15.9 Å². The molecule has 0 aliphatic rings. The molecule has 0 radical (unpaired) electrons. The fourth-order valence-electron chi connectivity index (χ4n) is 1.59. The van der Waals surface area contributed by atoms with Crippen LogP contribution < -0.4 is 10.5 Å². The van der Waals surface area contributed by atoms with E-state index in [1.807, 2.05) is 19.1 Å². The molecule has 2 nitrogen and oxygen atoms in total. The molecule has 2 aromatic rings. The molecule has 5 heteroatoms. The topological polar surface area (TPSA) is 35.2 Å². The predicted octanol–water partition coefficient (Wildman–Crippen LogP) is 4.25. The summed E-state index contributed by atoms with van der Waals surface area (Å²) in [5.74, 6) is 0.191. The van der Waals surface area contributed by atoms with Gasteiger partial charge in [0.2, 0.25) is 0 Å². The summed E-state index contributed by atoms with van der Waals surface area (Å²) in [5, 5.41) is 0. The molecule has 1 aromatic heterocycles. The third kappa shape index (κ3) is 3.31. The zero-order chi connectivity index (χ0) is 13.1. The van der Waals surface area contributed by atoms with E-state index >= 15 is 0 Å².